The molecule has 0 aliphatic rings. The van der Waals surface area contributed by atoms with E-state index in [-0.39, 0.29) is 5.56 Å². The molecule has 0 saturated carbocycles. The van der Waals surface area contributed by atoms with Gasteiger partial charge in [-0.15, -0.1) is 0 Å². The third kappa shape index (κ3) is 3.31. The van der Waals surface area contributed by atoms with Crippen molar-refractivity contribution >= 4 is 5.91 Å². The standard InChI is InChI=1S/C11H13F2NO/c1-11(2,3)14-10(15)8-5-4-7(12)6-9(8)13/h4-6H,1-3H3,(H,14,15). The van der Waals surface area contributed by atoms with Crippen LogP contribution in [0.4, 0.5) is 8.78 Å². The fraction of sp³-hybridized carbons (Fsp3) is 0.364. The molecule has 0 unspecified atom stereocenters. The zero-order valence-electron chi connectivity index (χ0n) is 8.90. The molecule has 4 heteroatoms. The summed E-state index contributed by atoms with van der Waals surface area (Å²) in [4.78, 5) is 11.5. The molecule has 0 atom stereocenters. The van der Waals surface area contributed by atoms with Crippen molar-refractivity contribution in [2.45, 2.75) is 26.3 Å². The van der Waals surface area contributed by atoms with E-state index >= 15 is 0 Å². The minimum absolute atomic E-state index is 0.147. The van der Waals surface area contributed by atoms with Crippen LogP contribution >= 0.6 is 0 Å². The molecule has 0 spiro atoms. The molecule has 0 aliphatic carbocycles. The van der Waals surface area contributed by atoms with Crippen LogP contribution in [0, 0.1) is 11.6 Å². The van der Waals surface area contributed by atoms with Gasteiger partial charge in [-0.2, -0.15) is 0 Å². The normalized spacial score (nSPS) is 11.3. The number of amides is 1. The van der Waals surface area contributed by atoms with Crippen LogP contribution in [0.15, 0.2) is 18.2 Å². The maximum atomic E-state index is 13.2. The number of benzene rings is 1. The first-order chi connectivity index (χ1) is 6.79. The van der Waals surface area contributed by atoms with Crippen LogP contribution in [0.1, 0.15) is 31.1 Å². The monoisotopic (exact) mass is 213 g/mol. The maximum Gasteiger partial charge on any atom is 0.254 e. The number of nitrogens with one attached hydrogen (secondary N) is 1. The van der Waals surface area contributed by atoms with Gasteiger partial charge in [-0.3, -0.25) is 4.79 Å². The van der Waals surface area contributed by atoms with Gasteiger partial charge in [0, 0.05) is 11.6 Å². The molecule has 0 saturated heterocycles. The van der Waals surface area contributed by atoms with Crippen LogP contribution in [0.5, 0.6) is 0 Å². The molecule has 0 aromatic heterocycles. The highest BCUT2D eigenvalue weighted by Crippen LogP contribution is 2.11. The molecule has 0 heterocycles. The second-order valence-corrected chi connectivity index (χ2v) is 4.33. The zero-order chi connectivity index (χ0) is 11.6. The summed E-state index contributed by atoms with van der Waals surface area (Å²) in [6, 6.07) is 2.88. The maximum absolute atomic E-state index is 13.2. The van der Waals surface area contributed by atoms with Crippen molar-refractivity contribution in [3.05, 3.63) is 35.4 Å². The van der Waals surface area contributed by atoms with Crippen molar-refractivity contribution in [3.63, 3.8) is 0 Å². The van der Waals surface area contributed by atoms with Crippen LogP contribution in [0.2, 0.25) is 0 Å². The summed E-state index contributed by atoms with van der Waals surface area (Å²) in [5, 5.41) is 2.59. The topological polar surface area (TPSA) is 29.1 Å². The van der Waals surface area contributed by atoms with E-state index in [4.69, 9.17) is 0 Å². The lowest BCUT2D eigenvalue weighted by molar-refractivity contribution is 0.0915. The van der Waals surface area contributed by atoms with Crippen molar-refractivity contribution in [2.24, 2.45) is 0 Å². The quantitative estimate of drug-likeness (QED) is 0.763. The first kappa shape index (κ1) is 11.6. The van der Waals surface area contributed by atoms with E-state index < -0.39 is 23.1 Å². The summed E-state index contributed by atoms with van der Waals surface area (Å²) >= 11 is 0. The highest BCUT2D eigenvalue weighted by Gasteiger charge is 2.18. The van der Waals surface area contributed by atoms with Gasteiger partial charge in [-0.25, -0.2) is 8.78 Å². The largest absolute Gasteiger partial charge is 0.347 e. The summed E-state index contributed by atoms with van der Waals surface area (Å²) < 4.78 is 25.8. The summed E-state index contributed by atoms with van der Waals surface area (Å²) in [5.41, 5.74) is -0.593. The predicted octanol–water partition coefficient (Wildman–Crippen LogP) is 2.49. The van der Waals surface area contributed by atoms with Gasteiger partial charge >= 0.3 is 0 Å². The summed E-state index contributed by atoms with van der Waals surface area (Å²) in [6.45, 7) is 5.35. The molecule has 1 aromatic rings. The molecule has 82 valence electrons. The van der Waals surface area contributed by atoms with Gasteiger partial charge in [0.2, 0.25) is 0 Å². The molecule has 0 radical (unpaired) electrons. The van der Waals surface area contributed by atoms with E-state index in [1.807, 2.05) is 0 Å². The lowest BCUT2D eigenvalue weighted by Crippen LogP contribution is -2.40. The number of halogens is 2. The van der Waals surface area contributed by atoms with Crippen LogP contribution in [0.3, 0.4) is 0 Å². The third-order valence-corrected chi connectivity index (χ3v) is 1.66. The molecular formula is C11H13F2NO. The van der Waals surface area contributed by atoms with Gasteiger partial charge in [-0.05, 0) is 32.9 Å². The predicted molar refractivity (Wildman–Crippen MR) is 53.6 cm³/mol. The molecule has 0 fully saturated rings. The Balaban J connectivity index is 2.92. The van der Waals surface area contributed by atoms with Gasteiger partial charge in [0.25, 0.3) is 5.91 Å². The Morgan fingerprint density at radius 3 is 2.33 bits per heavy atom. The van der Waals surface area contributed by atoms with Crippen LogP contribution in [-0.4, -0.2) is 11.4 Å². The van der Waals surface area contributed by atoms with E-state index in [1.54, 1.807) is 20.8 Å². The molecule has 1 rings (SSSR count). The Labute approximate surface area is 87.3 Å². The number of rotatable bonds is 1. The first-order valence-electron chi connectivity index (χ1n) is 4.57. The summed E-state index contributed by atoms with van der Waals surface area (Å²) in [7, 11) is 0. The van der Waals surface area contributed by atoms with Crippen molar-refractivity contribution < 1.29 is 13.6 Å². The van der Waals surface area contributed by atoms with Gasteiger partial charge in [0.05, 0.1) is 5.56 Å². The number of carbonyl (C=O) groups excluding carboxylic acids is 1. The van der Waals surface area contributed by atoms with Gasteiger partial charge in [0.1, 0.15) is 11.6 Å². The summed E-state index contributed by atoms with van der Waals surface area (Å²) in [6.07, 6.45) is 0. The molecule has 0 bridgehead atoms. The Bertz CT molecular complexity index is 383. The molecule has 0 aliphatic heterocycles. The Morgan fingerprint density at radius 1 is 1.27 bits per heavy atom. The van der Waals surface area contributed by atoms with Gasteiger partial charge < -0.3 is 5.32 Å². The smallest absolute Gasteiger partial charge is 0.254 e. The van der Waals surface area contributed by atoms with Crippen molar-refractivity contribution in [2.75, 3.05) is 0 Å². The van der Waals surface area contributed by atoms with Crippen LogP contribution in [0.25, 0.3) is 0 Å². The lowest BCUT2D eigenvalue weighted by atomic mass is 10.1. The van der Waals surface area contributed by atoms with E-state index in [1.165, 1.54) is 0 Å². The molecule has 15 heavy (non-hydrogen) atoms. The van der Waals surface area contributed by atoms with Crippen LogP contribution in [-0.2, 0) is 0 Å². The molecular weight excluding hydrogens is 200 g/mol. The van der Waals surface area contributed by atoms with Crippen molar-refractivity contribution in [1.29, 1.82) is 0 Å². The average Bonchev–Trinajstić information content (AvgIpc) is 1.99. The van der Waals surface area contributed by atoms with Crippen molar-refractivity contribution in [1.82, 2.24) is 5.32 Å². The van der Waals surface area contributed by atoms with Gasteiger partial charge in [0.15, 0.2) is 0 Å². The molecule has 1 aromatic carbocycles. The number of hydrogen-bond donors (Lipinski definition) is 1. The van der Waals surface area contributed by atoms with E-state index in [0.717, 1.165) is 12.1 Å². The average molecular weight is 213 g/mol. The van der Waals surface area contributed by atoms with Crippen molar-refractivity contribution in [3.8, 4) is 0 Å². The zero-order valence-corrected chi connectivity index (χ0v) is 8.90. The second-order valence-electron chi connectivity index (χ2n) is 4.33. The van der Waals surface area contributed by atoms with E-state index in [9.17, 15) is 13.6 Å². The summed E-state index contributed by atoms with van der Waals surface area (Å²) in [5.74, 6) is -2.09. The second kappa shape index (κ2) is 3.96. The third-order valence-electron chi connectivity index (χ3n) is 1.66. The lowest BCUT2D eigenvalue weighted by Gasteiger charge is -2.20. The molecule has 1 N–H and O–H groups in total. The van der Waals surface area contributed by atoms with Crippen LogP contribution < -0.4 is 5.32 Å². The van der Waals surface area contributed by atoms with E-state index in [2.05, 4.69) is 5.32 Å². The molecule has 2 nitrogen and oxygen atoms in total. The Hall–Kier alpha value is -1.45. The van der Waals surface area contributed by atoms with Gasteiger partial charge in [-0.1, -0.05) is 0 Å². The number of carbonyl (C=O) groups is 1. The fourth-order valence-electron chi connectivity index (χ4n) is 1.08. The minimum atomic E-state index is -0.850. The van der Waals surface area contributed by atoms with E-state index in [0.29, 0.717) is 6.07 Å². The fourth-order valence-corrected chi connectivity index (χ4v) is 1.08. The Kier molecular flexibility index (Phi) is 3.07. The highest BCUT2D eigenvalue weighted by molar-refractivity contribution is 5.94. The highest BCUT2D eigenvalue weighted by atomic mass is 19.1. The minimum Gasteiger partial charge on any atom is -0.347 e. The number of hydrogen-bond acceptors (Lipinski definition) is 1. The molecule has 1 amide bonds. The SMILES string of the molecule is CC(C)(C)NC(=O)c1ccc(F)cc1F. The Morgan fingerprint density at radius 2 is 1.87 bits per heavy atom. The first-order valence-corrected chi connectivity index (χ1v) is 4.57.